The number of phenolic OH excluding ortho intramolecular Hbond substituents is 1. The van der Waals surface area contributed by atoms with E-state index in [0.29, 0.717) is 16.9 Å². The molecule has 0 spiro atoms. The highest BCUT2D eigenvalue weighted by Crippen LogP contribution is 2.19. The number of phenols is 1. The van der Waals surface area contributed by atoms with Crippen molar-refractivity contribution in [2.24, 2.45) is 0 Å². The summed E-state index contributed by atoms with van der Waals surface area (Å²) >= 11 is 0. The normalized spacial score (nSPS) is 8.92. The third kappa shape index (κ3) is 4.98. The van der Waals surface area contributed by atoms with Crippen LogP contribution in [-0.2, 0) is 4.74 Å². The molecule has 0 atom stereocenters. The van der Waals surface area contributed by atoms with Gasteiger partial charge in [0.2, 0.25) is 0 Å². The Morgan fingerprint density at radius 2 is 1.54 bits per heavy atom. The number of carbonyl (C=O) groups is 2. The van der Waals surface area contributed by atoms with E-state index in [-0.39, 0.29) is 16.9 Å². The first kappa shape index (κ1) is 20.0. The molecule has 0 radical (unpaired) electrons. The van der Waals surface area contributed by atoms with Crippen molar-refractivity contribution < 1.29 is 29.3 Å². The summed E-state index contributed by atoms with van der Waals surface area (Å²) in [6.45, 7) is 0. The van der Waals surface area contributed by atoms with Gasteiger partial charge in [-0.2, -0.15) is 10.5 Å². The lowest BCUT2D eigenvalue weighted by Crippen LogP contribution is -2.01. The fraction of sp³-hybridized carbons (Fsp3) is 0.111. The minimum Gasteiger partial charge on any atom is -0.507 e. The number of hydrogen-bond acceptors (Lipinski definition) is 7. The summed E-state index contributed by atoms with van der Waals surface area (Å²) in [7, 11) is 2.76. The van der Waals surface area contributed by atoms with Crippen molar-refractivity contribution in [2.45, 2.75) is 0 Å². The smallest absolute Gasteiger partial charge is 0.337 e. The van der Waals surface area contributed by atoms with E-state index in [1.807, 2.05) is 6.07 Å². The maximum Gasteiger partial charge on any atom is 0.337 e. The lowest BCUT2D eigenvalue weighted by molar-refractivity contribution is 0.0599. The Hall–Kier alpha value is -4.04. The van der Waals surface area contributed by atoms with E-state index in [1.54, 1.807) is 18.2 Å². The van der Waals surface area contributed by atoms with Crippen molar-refractivity contribution in [3.63, 3.8) is 0 Å². The fourth-order valence-corrected chi connectivity index (χ4v) is 1.80. The van der Waals surface area contributed by atoms with Crippen LogP contribution in [0.3, 0.4) is 0 Å². The largest absolute Gasteiger partial charge is 0.507 e. The highest BCUT2D eigenvalue weighted by atomic mass is 16.5. The Bertz CT molecular complexity index is 909. The topological polar surface area (TPSA) is 141 Å². The molecule has 0 heterocycles. The van der Waals surface area contributed by atoms with E-state index in [4.69, 9.17) is 25.5 Å². The fourth-order valence-electron chi connectivity index (χ4n) is 1.80. The highest BCUT2D eigenvalue weighted by Gasteiger charge is 2.09. The van der Waals surface area contributed by atoms with Crippen LogP contribution < -0.4 is 4.74 Å². The van der Waals surface area contributed by atoms with E-state index in [2.05, 4.69) is 4.74 Å². The summed E-state index contributed by atoms with van der Waals surface area (Å²) in [5, 5.41) is 34.7. The number of benzene rings is 2. The summed E-state index contributed by atoms with van der Waals surface area (Å²) in [5.41, 5.74) is 0.611. The average molecular weight is 354 g/mol. The third-order valence-electron chi connectivity index (χ3n) is 3.10. The van der Waals surface area contributed by atoms with Gasteiger partial charge in [0.1, 0.15) is 23.6 Å². The standard InChI is InChI=1S/C10H9NO3.C8H5NO3/c1-13-9-4-3-7(10(12)14-2)5-8(9)6-11;9-4-6-3-5(8(11)12)1-2-7(6)10/h3-5H,1-2H3;1-3,10H,(H,11,12). The van der Waals surface area contributed by atoms with E-state index < -0.39 is 11.9 Å². The number of carbonyl (C=O) groups excluding carboxylic acids is 1. The van der Waals surface area contributed by atoms with Gasteiger partial charge in [0.25, 0.3) is 0 Å². The quantitative estimate of drug-likeness (QED) is 0.800. The second-order valence-corrected chi connectivity index (χ2v) is 4.67. The molecule has 0 saturated heterocycles. The van der Waals surface area contributed by atoms with Gasteiger partial charge in [-0.3, -0.25) is 0 Å². The van der Waals surface area contributed by atoms with Gasteiger partial charge in [-0.15, -0.1) is 0 Å². The molecule has 26 heavy (non-hydrogen) atoms. The zero-order chi connectivity index (χ0) is 19.7. The Balaban J connectivity index is 0.000000263. The number of esters is 1. The van der Waals surface area contributed by atoms with Crippen molar-refractivity contribution >= 4 is 11.9 Å². The zero-order valence-corrected chi connectivity index (χ0v) is 13.9. The predicted molar refractivity (Wildman–Crippen MR) is 88.8 cm³/mol. The second kappa shape index (κ2) is 9.30. The van der Waals surface area contributed by atoms with Crippen LogP contribution in [0.4, 0.5) is 0 Å². The SMILES string of the molecule is COC(=O)c1ccc(OC)c(C#N)c1.N#Cc1cc(C(=O)O)ccc1O. The molecule has 2 rings (SSSR count). The van der Waals surface area contributed by atoms with Crippen molar-refractivity contribution in [1.29, 1.82) is 10.5 Å². The van der Waals surface area contributed by atoms with Crippen LogP contribution in [0.5, 0.6) is 11.5 Å². The minimum atomic E-state index is -1.12. The van der Waals surface area contributed by atoms with Crippen molar-refractivity contribution in [3.05, 3.63) is 58.7 Å². The Morgan fingerprint density at radius 1 is 0.962 bits per heavy atom. The van der Waals surface area contributed by atoms with Crippen molar-refractivity contribution in [2.75, 3.05) is 14.2 Å². The number of hydrogen-bond donors (Lipinski definition) is 2. The van der Waals surface area contributed by atoms with Gasteiger partial charge in [-0.1, -0.05) is 0 Å². The van der Waals surface area contributed by atoms with Gasteiger partial charge in [0.15, 0.2) is 0 Å². The summed E-state index contributed by atoms with van der Waals surface area (Å²) in [6, 6.07) is 11.7. The van der Waals surface area contributed by atoms with E-state index >= 15 is 0 Å². The minimum absolute atomic E-state index is 0.00986. The molecule has 8 nitrogen and oxygen atoms in total. The molecule has 0 aliphatic heterocycles. The van der Waals surface area contributed by atoms with Gasteiger partial charge < -0.3 is 19.7 Å². The van der Waals surface area contributed by atoms with Crippen LogP contribution in [0.25, 0.3) is 0 Å². The Morgan fingerprint density at radius 3 is 2.04 bits per heavy atom. The van der Waals surface area contributed by atoms with Crippen LogP contribution >= 0.6 is 0 Å². The zero-order valence-electron chi connectivity index (χ0n) is 13.9. The molecule has 0 saturated carbocycles. The van der Waals surface area contributed by atoms with Crippen LogP contribution in [0.15, 0.2) is 36.4 Å². The molecule has 132 valence electrons. The van der Waals surface area contributed by atoms with Gasteiger partial charge in [0, 0.05) is 0 Å². The Kier molecular flexibility index (Phi) is 7.16. The van der Waals surface area contributed by atoms with Crippen LogP contribution in [0.2, 0.25) is 0 Å². The molecule has 0 amide bonds. The second-order valence-electron chi connectivity index (χ2n) is 4.67. The Labute approximate surface area is 149 Å². The summed E-state index contributed by atoms with van der Waals surface area (Å²) in [6.07, 6.45) is 0. The maximum absolute atomic E-state index is 11.1. The number of rotatable bonds is 3. The number of ether oxygens (including phenoxy) is 2. The monoisotopic (exact) mass is 354 g/mol. The van der Waals surface area contributed by atoms with E-state index in [0.717, 1.165) is 6.07 Å². The van der Waals surface area contributed by atoms with Crippen molar-refractivity contribution in [1.82, 2.24) is 0 Å². The van der Waals surface area contributed by atoms with Crippen LogP contribution in [-0.4, -0.2) is 36.4 Å². The number of methoxy groups -OCH3 is 2. The first-order valence-corrected chi connectivity index (χ1v) is 7.00. The highest BCUT2D eigenvalue weighted by molar-refractivity contribution is 5.90. The molecule has 0 unspecified atom stereocenters. The van der Waals surface area contributed by atoms with Gasteiger partial charge in [0.05, 0.1) is 36.5 Å². The number of aromatic hydroxyl groups is 1. The molecule has 2 aromatic carbocycles. The molecular weight excluding hydrogens is 340 g/mol. The average Bonchev–Trinajstić information content (AvgIpc) is 2.67. The van der Waals surface area contributed by atoms with Crippen LogP contribution in [0.1, 0.15) is 31.8 Å². The third-order valence-corrected chi connectivity index (χ3v) is 3.10. The molecule has 2 aromatic rings. The molecule has 0 bridgehead atoms. The maximum atomic E-state index is 11.1. The molecule has 0 aliphatic carbocycles. The lowest BCUT2D eigenvalue weighted by atomic mass is 10.1. The number of nitrogens with zero attached hydrogens (tertiary/aromatic N) is 2. The number of carboxylic acids is 1. The first-order valence-electron chi connectivity index (χ1n) is 7.00. The molecule has 0 fully saturated rings. The summed E-state index contributed by atoms with van der Waals surface area (Å²) in [5.74, 6) is -1.35. The molecular formula is C18H14N2O6. The molecule has 0 aliphatic rings. The number of carboxylic acid groups (broad SMARTS) is 1. The first-order chi connectivity index (χ1) is 12.4. The van der Waals surface area contributed by atoms with Gasteiger partial charge >= 0.3 is 11.9 Å². The van der Waals surface area contributed by atoms with Gasteiger partial charge in [-0.05, 0) is 36.4 Å². The van der Waals surface area contributed by atoms with E-state index in [1.165, 1.54) is 32.4 Å². The number of aromatic carboxylic acids is 1. The van der Waals surface area contributed by atoms with Crippen molar-refractivity contribution in [3.8, 4) is 23.6 Å². The molecule has 8 heteroatoms. The van der Waals surface area contributed by atoms with Gasteiger partial charge in [-0.25, -0.2) is 9.59 Å². The van der Waals surface area contributed by atoms with Crippen LogP contribution in [0, 0.1) is 22.7 Å². The summed E-state index contributed by atoms with van der Waals surface area (Å²) in [4.78, 5) is 21.5. The summed E-state index contributed by atoms with van der Waals surface area (Å²) < 4.78 is 9.45. The number of nitriles is 2. The predicted octanol–water partition coefficient (Wildman–Crippen LogP) is 2.32. The molecule has 0 aromatic heterocycles. The lowest BCUT2D eigenvalue weighted by Gasteiger charge is -2.03. The van der Waals surface area contributed by atoms with E-state index in [9.17, 15) is 9.59 Å². The molecule has 2 N–H and O–H groups in total.